The Bertz CT molecular complexity index is 943. The molecule has 0 radical (unpaired) electrons. The summed E-state index contributed by atoms with van der Waals surface area (Å²) < 4.78 is 1.53. The number of nitrogens with zero attached hydrogens (tertiary/aromatic N) is 2. The van der Waals surface area contributed by atoms with Crippen LogP contribution in [-0.4, -0.2) is 46.3 Å². The lowest BCUT2D eigenvalue weighted by Crippen LogP contribution is -2.47. The fourth-order valence-electron chi connectivity index (χ4n) is 3.99. The minimum Gasteiger partial charge on any atom is -0.383 e. The van der Waals surface area contributed by atoms with Gasteiger partial charge in [-0.05, 0) is 63.3 Å². The number of anilines is 1. The molecule has 30 heavy (non-hydrogen) atoms. The summed E-state index contributed by atoms with van der Waals surface area (Å²) in [5, 5.41) is 13.9. The Hall–Kier alpha value is -2.87. The van der Waals surface area contributed by atoms with Crippen LogP contribution in [0.3, 0.4) is 0 Å². The standard InChI is InChI=1S/C22H30N6O2/c1-3-17(18-5-4-10-24-18)27-22(30)16-12-25-28(20(16)23)19-11-14(7-6-13(19)2)21(29)26-15-8-9-15/h6-7,11-12,15,17-18,24H,3-5,8-10,23H2,1-2H3,(H,26,29)(H,27,30). The van der Waals surface area contributed by atoms with Gasteiger partial charge in [-0.3, -0.25) is 9.59 Å². The van der Waals surface area contributed by atoms with E-state index in [1.54, 1.807) is 12.1 Å². The summed E-state index contributed by atoms with van der Waals surface area (Å²) in [4.78, 5) is 25.3. The molecule has 1 saturated heterocycles. The van der Waals surface area contributed by atoms with Gasteiger partial charge in [-0.15, -0.1) is 0 Å². The van der Waals surface area contributed by atoms with Crippen LogP contribution in [0.15, 0.2) is 24.4 Å². The van der Waals surface area contributed by atoms with Crippen LogP contribution in [0.4, 0.5) is 5.82 Å². The fraction of sp³-hybridized carbons (Fsp3) is 0.500. The number of amides is 2. The molecule has 1 saturated carbocycles. The van der Waals surface area contributed by atoms with E-state index in [1.165, 1.54) is 10.9 Å². The van der Waals surface area contributed by atoms with Crippen LogP contribution in [-0.2, 0) is 0 Å². The molecule has 5 N–H and O–H groups in total. The van der Waals surface area contributed by atoms with E-state index in [4.69, 9.17) is 5.73 Å². The van der Waals surface area contributed by atoms with E-state index >= 15 is 0 Å². The van der Waals surface area contributed by atoms with Crippen LogP contribution in [0.2, 0.25) is 0 Å². The number of rotatable bonds is 7. The summed E-state index contributed by atoms with van der Waals surface area (Å²) in [6.45, 7) is 4.98. The molecule has 2 unspecified atom stereocenters. The van der Waals surface area contributed by atoms with Gasteiger partial charge in [-0.2, -0.15) is 5.10 Å². The van der Waals surface area contributed by atoms with Gasteiger partial charge in [0.05, 0.1) is 11.9 Å². The van der Waals surface area contributed by atoms with Gasteiger partial charge in [0.2, 0.25) is 0 Å². The summed E-state index contributed by atoms with van der Waals surface area (Å²) in [6, 6.07) is 6.07. The second-order valence-electron chi connectivity index (χ2n) is 8.30. The minimum atomic E-state index is -0.223. The highest BCUT2D eigenvalue weighted by atomic mass is 16.2. The molecule has 2 atom stereocenters. The quantitative estimate of drug-likeness (QED) is 0.557. The van der Waals surface area contributed by atoms with E-state index in [0.717, 1.165) is 44.2 Å². The third-order valence-corrected chi connectivity index (χ3v) is 6.00. The van der Waals surface area contributed by atoms with Crippen molar-refractivity contribution in [3.63, 3.8) is 0 Å². The van der Waals surface area contributed by atoms with Crippen LogP contribution in [0, 0.1) is 6.92 Å². The number of carbonyl (C=O) groups is 2. The molecule has 2 aromatic rings. The Morgan fingerprint density at radius 2 is 2.10 bits per heavy atom. The third kappa shape index (κ3) is 4.18. The van der Waals surface area contributed by atoms with Gasteiger partial charge in [0.1, 0.15) is 11.4 Å². The molecule has 4 rings (SSSR count). The van der Waals surface area contributed by atoms with Crippen molar-refractivity contribution in [1.82, 2.24) is 25.7 Å². The SMILES string of the molecule is CCC(NC(=O)c1cnn(-c2cc(C(=O)NC3CC3)ccc2C)c1N)C1CCCN1. The van der Waals surface area contributed by atoms with Crippen LogP contribution in [0.1, 0.15) is 65.3 Å². The summed E-state index contributed by atoms with van der Waals surface area (Å²) in [5.74, 6) is -0.0542. The van der Waals surface area contributed by atoms with Crippen LogP contribution >= 0.6 is 0 Å². The molecule has 8 nitrogen and oxygen atoms in total. The van der Waals surface area contributed by atoms with Crippen molar-refractivity contribution >= 4 is 17.6 Å². The van der Waals surface area contributed by atoms with Gasteiger partial charge in [0.25, 0.3) is 11.8 Å². The first-order valence-electron chi connectivity index (χ1n) is 10.8. The number of hydrogen-bond acceptors (Lipinski definition) is 5. The van der Waals surface area contributed by atoms with Gasteiger partial charge in [0, 0.05) is 23.7 Å². The third-order valence-electron chi connectivity index (χ3n) is 6.00. The molecule has 2 aliphatic rings. The van der Waals surface area contributed by atoms with Crippen LogP contribution in [0.25, 0.3) is 5.69 Å². The van der Waals surface area contributed by atoms with Gasteiger partial charge in [0.15, 0.2) is 0 Å². The van der Waals surface area contributed by atoms with E-state index in [2.05, 4.69) is 28.0 Å². The highest BCUT2D eigenvalue weighted by Gasteiger charge is 2.27. The predicted octanol–water partition coefficient (Wildman–Crippen LogP) is 1.92. The van der Waals surface area contributed by atoms with E-state index in [1.807, 2.05) is 13.0 Å². The molecular weight excluding hydrogens is 380 g/mol. The highest BCUT2D eigenvalue weighted by molar-refractivity contribution is 5.99. The maximum Gasteiger partial charge on any atom is 0.256 e. The van der Waals surface area contributed by atoms with Crippen molar-refractivity contribution in [2.75, 3.05) is 12.3 Å². The van der Waals surface area contributed by atoms with E-state index in [0.29, 0.717) is 22.9 Å². The van der Waals surface area contributed by atoms with Crippen molar-refractivity contribution in [3.8, 4) is 5.69 Å². The lowest BCUT2D eigenvalue weighted by atomic mass is 10.0. The average molecular weight is 411 g/mol. The fourth-order valence-corrected chi connectivity index (χ4v) is 3.99. The zero-order valence-corrected chi connectivity index (χ0v) is 17.6. The van der Waals surface area contributed by atoms with Crippen molar-refractivity contribution in [3.05, 3.63) is 41.1 Å². The maximum atomic E-state index is 12.9. The Labute approximate surface area is 176 Å². The van der Waals surface area contributed by atoms with Crippen molar-refractivity contribution in [1.29, 1.82) is 0 Å². The zero-order chi connectivity index (χ0) is 21.3. The number of aryl methyl sites for hydroxylation is 1. The number of benzene rings is 1. The van der Waals surface area contributed by atoms with E-state index in [-0.39, 0.29) is 29.7 Å². The molecule has 1 aliphatic carbocycles. The van der Waals surface area contributed by atoms with Crippen molar-refractivity contribution in [2.24, 2.45) is 0 Å². The number of nitrogens with two attached hydrogens (primary N) is 1. The van der Waals surface area contributed by atoms with Crippen LogP contribution < -0.4 is 21.7 Å². The molecule has 1 aromatic heterocycles. The average Bonchev–Trinajstić information content (AvgIpc) is 3.23. The molecular formula is C22H30N6O2. The number of nitrogen functional groups attached to an aromatic ring is 1. The Balaban J connectivity index is 1.55. The largest absolute Gasteiger partial charge is 0.383 e. The van der Waals surface area contributed by atoms with E-state index in [9.17, 15) is 9.59 Å². The Morgan fingerprint density at radius 1 is 1.30 bits per heavy atom. The van der Waals surface area contributed by atoms with Crippen molar-refractivity contribution < 1.29 is 9.59 Å². The van der Waals surface area contributed by atoms with Gasteiger partial charge < -0.3 is 21.7 Å². The topological polar surface area (TPSA) is 114 Å². The molecule has 0 bridgehead atoms. The Kier molecular flexibility index (Phi) is 5.76. The van der Waals surface area contributed by atoms with E-state index < -0.39 is 0 Å². The smallest absolute Gasteiger partial charge is 0.256 e. The first kappa shape index (κ1) is 20.4. The molecule has 2 fully saturated rings. The first-order chi connectivity index (χ1) is 14.5. The lowest BCUT2D eigenvalue weighted by Gasteiger charge is -2.23. The summed E-state index contributed by atoms with van der Waals surface area (Å²) in [5.41, 5.74) is 8.83. The maximum absolute atomic E-state index is 12.9. The summed E-state index contributed by atoms with van der Waals surface area (Å²) in [6.07, 6.45) is 6.59. The summed E-state index contributed by atoms with van der Waals surface area (Å²) in [7, 11) is 0. The highest BCUT2D eigenvalue weighted by Crippen LogP contribution is 2.24. The van der Waals surface area contributed by atoms with Gasteiger partial charge >= 0.3 is 0 Å². The molecule has 1 aliphatic heterocycles. The summed E-state index contributed by atoms with van der Waals surface area (Å²) >= 11 is 0. The predicted molar refractivity (Wildman–Crippen MR) is 116 cm³/mol. The second kappa shape index (κ2) is 8.47. The first-order valence-corrected chi connectivity index (χ1v) is 10.8. The molecule has 8 heteroatoms. The van der Waals surface area contributed by atoms with Crippen molar-refractivity contribution in [2.45, 2.75) is 64.1 Å². The van der Waals surface area contributed by atoms with Crippen LogP contribution in [0.5, 0.6) is 0 Å². The zero-order valence-electron chi connectivity index (χ0n) is 17.6. The number of carbonyl (C=O) groups excluding carboxylic acids is 2. The molecule has 2 heterocycles. The second-order valence-corrected chi connectivity index (χ2v) is 8.30. The van der Waals surface area contributed by atoms with Gasteiger partial charge in [-0.1, -0.05) is 13.0 Å². The lowest BCUT2D eigenvalue weighted by molar-refractivity contribution is 0.0925. The normalized spacial score (nSPS) is 19.5. The number of nitrogens with one attached hydrogen (secondary N) is 3. The number of hydrogen-bond donors (Lipinski definition) is 4. The monoisotopic (exact) mass is 410 g/mol. The number of aromatic nitrogens is 2. The Morgan fingerprint density at radius 3 is 2.77 bits per heavy atom. The molecule has 1 aromatic carbocycles. The minimum absolute atomic E-state index is 0.0546. The van der Waals surface area contributed by atoms with Gasteiger partial charge in [-0.25, -0.2) is 4.68 Å². The molecule has 2 amide bonds. The molecule has 0 spiro atoms. The molecule has 160 valence electrons.